The number of para-hydroxylation sites is 1. The molecule has 0 bridgehead atoms. The summed E-state index contributed by atoms with van der Waals surface area (Å²) in [5.41, 5.74) is 2.59. The molecular weight excluding hydrogens is 422 g/mol. The van der Waals surface area contributed by atoms with Gasteiger partial charge in [0.15, 0.2) is 17.0 Å². The van der Waals surface area contributed by atoms with E-state index in [1.54, 1.807) is 42.0 Å². The van der Waals surface area contributed by atoms with Crippen molar-refractivity contribution in [2.75, 3.05) is 45.3 Å². The second-order valence-electron chi connectivity index (χ2n) is 7.52. The van der Waals surface area contributed by atoms with Gasteiger partial charge in [-0.1, -0.05) is 29.5 Å². The molecule has 4 aromatic rings. The van der Waals surface area contributed by atoms with Gasteiger partial charge < -0.3 is 19.3 Å². The maximum Gasteiger partial charge on any atom is 0.261 e. The van der Waals surface area contributed by atoms with Crippen LogP contribution in [0.25, 0.3) is 16.9 Å². The normalized spacial score (nSPS) is 13.9. The van der Waals surface area contributed by atoms with Crippen LogP contribution >= 0.6 is 0 Å². The van der Waals surface area contributed by atoms with Crippen LogP contribution in [0.1, 0.15) is 10.4 Å². The highest BCUT2D eigenvalue weighted by atomic mass is 16.5. The molecule has 0 saturated carbocycles. The molecule has 1 fully saturated rings. The minimum Gasteiger partial charge on any atom is -0.496 e. The molecule has 1 aliphatic rings. The maximum absolute atomic E-state index is 13.3. The SMILES string of the molecule is COc1cccc(OC)c1C(=O)N1CCN(c2ncnc3c2nnn3-c2ccccc2)CC1. The topological polar surface area (TPSA) is 98.5 Å². The molecule has 5 rings (SSSR count). The van der Waals surface area contributed by atoms with Crippen molar-refractivity contribution < 1.29 is 14.3 Å². The molecule has 2 aromatic heterocycles. The van der Waals surface area contributed by atoms with Crippen LogP contribution in [0, 0.1) is 0 Å². The Labute approximate surface area is 190 Å². The first kappa shape index (κ1) is 20.7. The van der Waals surface area contributed by atoms with Gasteiger partial charge in [0.2, 0.25) is 0 Å². The van der Waals surface area contributed by atoms with Crippen molar-refractivity contribution in [1.29, 1.82) is 0 Å². The van der Waals surface area contributed by atoms with Crippen LogP contribution in [-0.4, -0.2) is 76.2 Å². The number of amides is 1. The summed E-state index contributed by atoms with van der Waals surface area (Å²) < 4.78 is 12.5. The Bertz CT molecular complexity index is 1260. The molecule has 10 nitrogen and oxygen atoms in total. The Hall–Kier alpha value is -4.21. The van der Waals surface area contributed by atoms with Crippen LogP contribution in [0.2, 0.25) is 0 Å². The molecule has 1 aliphatic heterocycles. The van der Waals surface area contributed by atoms with E-state index in [4.69, 9.17) is 9.47 Å². The highest BCUT2D eigenvalue weighted by Crippen LogP contribution is 2.30. The third-order valence-corrected chi connectivity index (χ3v) is 5.73. The molecular formula is C23H23N7O3. The zero-order valence-corrected chi connectivity index (χ0v) is 18.4. The largest absolute Gasteiger partial charge is 0.496 e. The first-order valence-electron chi connectivity index (χ1n) is 10.6. The third-order valence-electron chi connectivity index (χ3n) is 5.73. The molecule has 0 aliphatic carbocycles. The number of hydrogen-bond acceptors (Lipinski definition) is 8. The molecule has 1 saturated heterocycles. The Balaban J connectivity index is 1.37. The number of ether oxygens (including phenoxy) is 2. The molecule has 0 atom stereocenters. The molecule has 0 radical (unpaired) electrons. The molecule has 168 valence electrons. The van der Waals surface area contributed by atoms with Crippen molar-refractivity contribution in [2.24, 2.45) is 0 Å². The summed E-state index contributed by atoms with van der Waals surface area (Å²) in [7, 11) is 3.10. The Morgan fingerprint density at radius 2 is 1.58 bits per heavy atom. The number of methoxy groups -OCH3 is 2. The van der Waals surface area contributed by atoms with E-state index in [1.807, 2.05) is 30.3 Å². The summed E-state index contributed by atoms with van der Waals surface area (Å²) in [5.74, 6) is 1.59. The highest BCUT2D eigenvalue weighted by Gasteiger charge is 2.28. The summed E-state index contributed by atoms with van der Waals surface area (Å²) in [6.07, 6.45) is 1.53. The number of benzene rings is 2. The number of anilines is 1. The van der Waals surface area contributed by atoms with Gasteiger partial charge in [0.1, 0.15) is 23.4 Å². The maximum atomic E-state index is 13.3. The van der Waals surface area contributed by atoms with Gasteiger partial charge in [0.25, 0.3) is 5.91 Å². The summed E-state index contributed by atoms with van der Waals surface area (Å²) >= 11 is 0. The Morgan fingerprint density at radius 3 is 2.24 bits per heavy atom. The highest BCUT2D eigenvalue weighted by molar-refractivity contribution is 6.00. The van der Waals surface area contributed by atoms with Gasteiger partial charge in [-0.3, -0.25) is 4.79 Å². The lowest BCUT2D eigenvalue weighted by Crippen LogP contribution is -2.49. The fourth-order valence-corrected chi connectivity index (χ4v) is 4.05. The van der Waals surface area contributed by atoms with Gasteiger partial charge in [-0.05, 0) is 24.3 Å². The second kappa shape index (κ2) is 8.73. The number of rotatable bonds is 5. The number of hydrogen-bond donors (Lipinski definition) is 0. The van der Waals surface area contributed by atoms with Crippen molar-refractivity contribution in [3.05, 3.63) is 60.4 Å². The van der Waals surface area contributed by atoms with Crippen LogP contribution in [0.15, 0.2) is 54.9 Å². The average Bonchev–Trinajstić information content (AvgIpc) is 3.33. The van der Waals surface area contributed by atoms with Crippen molar-refractivity contribution in [3.8, 4) is 17.2 Å². The lowest BCUT2D eigenvalue weighted by molar-refractivity contribution is 0.0739. The van der Waals surface area contributed by atoms with Crippen molar-refractivity contribution in [1.82, 2.24) is 29.9 Å². The molecule has 0 N–H and O–H groups in total. The monoisotopic (exact) mass is 445 g/mol. The van der Waals surface area contributed by atoms with E-state index in [2.05, 4.69) is 25.2 Å². The van der Waals surface area contributed by atoms with Gasteiger partial charge in [-0.15, -0.1) is 5.10 Å². The zero-order valence-electron chi connectivity index (χ0n) is 18.4. The predicted octanol–water partition coefficient (Wildman–Crippen LogP) is 2.19. The molecule has 3 heterocycles. The number of aromatic nitrogens is 5. The van der Waals surface area contributed by atoms with E-state index < -0.39 is 0 Å². The summed E-state index contributed by atoms with van der Waals surface area (Å²) in [6.45, 7) is 2.26. The number of fused-ring (bicyclic) bond motifs is 1. The van der Waals surface area contributed by atoms with E-state index in [-0.39, 0.29) is 5.91 Å². The molecule has 33 heavy (non-hydrogen) atoms. The van der Waals surface area contributed by atoms with Gasteiger partial charge >= 0.3 is 0 Å². The average molecular weight is 445 g/mol. The minimum atomic E-state index is -0.119. The zero-order chi connectivity index (χ0) is 22.8. The van der Waals surface area contributed by atoms with E-state index >= 15 is 0 Å². The van der Waals surface area contributed by atoms with Gasteiger partial charge in [-0.2, -0.15) is 4.68 Å². The summed E-state index contributed by atoms with van der Waals surface area (Å²) in [5, 5.41) is 8.64. The van der Waals surface area contributed by atoms with Crippen LogP contribution < -0.4 is 14.4 Å². The Morgan fingerprint density at radius 1 is 0.879 bits per heavy atom. The second-order valence-corrected chi connectivity index (χ2v) is 7.52. The first-order chi connectivity index (χ1) is 16.2. The fourth-order valence-electron chi connectivity index (χ4n) is 4.05. The van der Waals surface area contributed by atoms with E-state index in [9.17, 15) is 4.79 Å². The fraction of sp³-hybridized carbons (Fsp3) is 0.261. The summed E-state index contributed by atoms with van der Waals surface area (Å²) in [6, 6.07) is 15.1. The smallest absolute Gasteiger partial charge is 0.261 e. The van der Waals surface area contributed by atoms with Crippen molar-refractivity contribution in [2.45, 2.75) is 0 Å². The van der Waals surface area contributed by atoms with Crippen LogP contribution in [0.3, 0.4) is 0 Å². The van der Waals surface area contributed by atoms with Crippen LogP contribution in [0.4, 0.5) is 5.82 Å². The minimum absolute atomic E-state index is 0.119. The number of carbonyl (C=O) groups excluding carboxylic acids is 1. The number of piperazine rings is 1. The quantitative estimate of drug-likeness (QED) is 0.461. The van der Waals surface area contributed by atoms with Crippen LogP contribution in [0.5, 0.6) is 11.5 Å². The Kier molecular flexibility index (Phi) is 5.47. The van der Waals surface area contributed by atoms with E-state index in [1.165, 1.54) is 6.33 Å². The lowest BCUT2D eigenvalue weighted by Gasteiger charge is -2.35. The number of carbonyl (C=O) groups is 1. The molecule has 1 amide bonds. The molecule has 0 spiro atoms. The van der Waals surface area contributed by atoms with Gasteiger partial charge in [0.05, 0.1) is 19.9 Å². The molecule has 10 heteroatoms. The molecule has 0 unspecified atom stereocenters. The third kappa shape index (κ3) is 3.69. The van der Waals surface area contributed by atoms with E-state index in [0.29, 0.717) is 60.2 Å². The predicted molar refractivity (Wildman–Crippen MR) is 122 cm³/mol. The lowest BCUT2D eigenvalue weighted by atomic mass is 10.1. The van der Waals surface area contributed by atoms with Gasteiger partial charge in [0, 0.05) is 26.2 Å². The van der Waals surface area contributed by atoms with E-state index in [0.717, 1.165) is 5.69 Å². The van der Waals surface area contributed by atoms with Crippen molar-refractivity contribution in [3.63, 3.8) is 0 Å². The molecule has 2 aromatic carbocycles. The van der Waals surface area contributed by atoms with Gasteiger partial charge in [-0.25, -0.2) is 9.97 Å². The van der Waals surface area contributed by atoms with Crippen LogP contribution in [-0.2, 0) is 0 Å². The number of nitrogens with zero attached hydrogens (tertiary/aromatic N) is 7. The first-order valence-corrected chi connectivity index (χ1v) is 10.6. The van der Waals surface area contributed by atoms with Crippen molar-refractivity contribution >= 4 is 22.9 Å². The summed E-state index contributed by atoms with van der Waals surface area (Å²) in [4.78, 5) is 26.1. The standard InChI is InChI=1S/C23H23N7O3/c1-32-17-9-6-10-18(33-2)19(17)23(31)29-13-11-28(12-14-29)21-20-22(25-15-24-21)30(27-26-20)16-7-4-3-5-8-16/h3-10,15H,11-14H2,1-2H3.